The van der Waals surface area contributed by atoms with E-state index in [-0.39, 0.29) is 0 Å². The second kappa shape index (κ2) is 5.61. The van der Waals surface area contributed by atoms with Crippen molar-refractivity contribution in [1.82, 2.24) is 10.2 Å². The zero-order chi connectivity index (χ0) is 13.9. The van der Waals surface area contributed by atoms with Crippen molar-refractivity contribution in [2.24, 2.45) is 0 Å². The maximum absolute atomic E-state index is 10.5. The Bertz CT molecular complexity index is 396. The van der Waals surface area contributed by atoms with E-state index < -0.39 is 5.60 Å². The molecule has 2 rings (SSSR count). The van der Waals surface area contributed by atoms with Crippen LogP contribution in [0, 0.1) is 0 Å². The van der Waals surface area contributed by atoms with E-state index in [1.165, 1.54) is 19.3 Å². The van der Waals surface area contributed by atoms with Crippen LogP contribution in [-0.4, -0.2) is 42.7 Å². The summed E-state index contributed by atoms with van der Waals surface area (Å²) in [6.07, 6.45) is 3.82. The predicted molar refractivity (Wildman–Crippen MR) is 79.2 cm³/mol. The molecule has 0 bridgehead atoms. The Labute approximate surface area is 116 Å². The number of likely N-dealkylation sites (N-methyl/N-ethyl adjacent to an activating group) is 1. The molecule has 2 N–H and O–H groups in total. The van der Waals surface area contributed by atoms with Crippen LogP contribution in [0.2, 0.25) is 0 Å². The first-order valence-corrected chi connectivity index (χ1v) is 7.12. The lowest BCUT2D eigenvalue weighted by Crippen LogP contribution is -2.57. The molecule has 19 heavy (non-hydrogen) atoms. The fourth-order valence-electron chi connectivity index (χ4n) is 2.80. The molecule has 0 amide bonds. The first kappa shape index (κ1) is 14.5. The number of benzene rings is 1. The predicted octanol–water partition coefficient (Wildman–Crippen LogP) is 1.97. The van der Waals surface area contributed by atoms with Gasteiger partial charge in [0, 0.05) is 18.6 Å². The first-order valence-electron chi connectivity index (χ1n) is 7.12. The van der Waals surface area contributed by atoms with Gasteiger partial charge < -0.3 is 15.3 Å². The van der Waals surface area contributed by atoms with E-state index in [0.29, 0.717) is 12.1 Å². The number of aliphatic hydroxyl groups is 1. The first-order chi connectivity index (χ1) is 8.96. The van der Waals surface area contributed by atoms with Crippen LogP contribution in [0.5, 0.6) is 0 Å². The molecule has 0 radical (unpaired) electrons. The van der Waals surface area contributed by atoms with Crippen molar-refractivity contribution >= 4 is 0 Å². The molecular formula is C16H26N2O. The standard InChI is InChI=1S/C16H26N2O/c1-15(19,14-8-5-4-6-9-14)12-17-13-16(18(2)3)10-7-11-16/h4-6,8-9,17,19H,7,10-13H2,1-3H3. The van der Waals surface area contributed by atoms with Crippen LogP contribution < -0.4 is 5.32 Å². The van der Waals surface area contributed by atoms with Crippen molar-refractivity contribution < 1.29 is 5.11 Å². The summed E-state index contributed by atoms with van der Waals surface area (Å²) >= 11 is 0. The summed E-state index contributed by atoms with van der Waals surface area (Å²) in [7, 11) is 4.30. The number of hydrogen-bond acceptors (Lipinski definition) is 3. The lowest BCUT2D eigenvalue weighted by molar-refractivity contribution is 0.0320. The summed E-state index contributed by atoms with van der Waals surface area (Å²) in [5, 5.41) is 14.0. The maximum Gasteiger partial charge on any atom is 0.0992 e. The Hall–Kier alpha value is -0.900. The van der Waals surface area contributed by atoms with E-state index in [0.717, 1.165) is 12.1 Å². The SMILES string of the molecule is CN(C)C1(CNCC(C)(O)c2ccccc2)CCC1. The van der Waals surface area contributed by atoms with Crippen LogP contribution in [0.4, 0.5) is 0 Å². The topological polar surface area (TPSA) is 35.5 Å². The molecule has 1 aliphatic carbocycles. The summed E-state index contributed by atoms with van der Waals surface area (Å²) in [4.78, 5) is 2.32. The van der Waals surface area contributed by atoms with E-state index in [9.17, 15) is 5.11 Å². The summed E-state index contributed by atoms with van der Waals surface area (Å²) in [6, 6.07) is 9.87. The maximum atomic E-state index is 10.5. The van der Waals surface area contributed by atoms with Gasteiger partial charge >= 0.3 is 0 Å². The van der Waals surface area contributed by atoms with Gasteiger partial charge in [-0.2, -0.15) is 0 Å². The molecule has 1 atom stereocenters. The third-order valence-electron chi connectivity index (χ3n) is 4.55. The van der Waals surface area contributed by atoms with Gasteiger partial charge in [0.2, 0.25) is 0 Å². The average Bonchev–Trinajstić information content (AvgIpc) is 2.33. The second-order valence-corrected chi connectivity index (χ2v) is 6.22. The Morgan fingerprint density at radius 2 is 1.89 bits per heavy atom. The summed E-state index contributed by atoms with van der Waals surface area (Å²) in [5.74, 6) is 0. The van der Waals surface area contributed by atoms with E-state index >= 15 is 0 Å². The van der Waals surface area contributed by atoms with Crippen LogP contribution in [0.3, 0.4) is 0 Å². The largest absolute Gasteiger partial charge is 0.384 e. The van der Waals surface area contributed by atoms with E-state index in [1.807, 2.05) is 37.3 Å². The van der Waals surface area contributed by atoms with Gasteiger partial charge in [-0.25, -0.2) is 0 Å². The lowest BCUT2D eigenvalue weighted by atomic mass is 9.75. The Balaban J connectivity index is 1.88. The van der Waals surface area contributed by atoms with Gasteiger partial charge in [-0.3, -0.25) is 0 Å². The van der Waals surface area contributed by atoms with Crippen LogP contribution in [0.25, 0.3) is 0 Å². The van der Waals surface area contributed by atoms with Crippen LogP contribution in [0.15, 0.2) is 30.3 Å². The summed E-state index contributed by atoms with van der Waals surface area (Å²) in [6.45, 7) is 3.41. The number of nitrogens with one attached hydrogen (secondary N) is 1. The molecule has 1 aromatic carbocycles. The minimum Gasteiger partial charge on any atom is -0.384 e. The molecule has 1 saturated carbocycles. The lowest BCUT2D eigenvalue weighted by Gasteiger charge is -2.48. The molecule has 1 aromatic rings. The highest BCUT2D eigenvalue weighted by atomic mass is 16.3. The van der Waals surface area contributed by atoms with Gasteiger partial charge in [-0.1, -0.05) is 30.3 Å². The molecule has 1 fully saturated rings. The smallest absolute Gasteiger partial charge is 0.0992 e. The molecule has 0 spiro atoms. The third-order valence-corrected chi connectivity index (χ3v) is 4.55. The highest BCUT2D eigenvalue weighted by Gasteiger charge is 2.39. The number of nitrogens with zero attached hydrogens (tertiary/aromatic N) is 1. The molecule has 0 heterocycles. The molecule has 1 unspecified atom stereocenters. The van der Waals surface area contributed by atoms with Crippen LogP contribution in [0.1, 0.15) is 31.7 Å². The molecule has 0 aliphatic heterocycles. The van der Waals surface area contributed by atoms with E-state index in [1.54, 1.807) is 0 Å². The van der Waals surface area contributed by atoms with Gasteiger partial charge in [-0.15, -0.1) is 0 Å². The molecular weight excluding hydrogens is 236 g/mol. The van der Waals surface area contributed by atoms with Gasteiger partial charge in [-0.05, 0) is 45.8 Å². The van der Waals surface area contributed by atoms with Crippen LogP contribution >= 0.6 is 0 Å². The second-order valence-electron chi connectivity index (χ2n) is 6.22. The molecule has 3 heteroatoms. The monoisotopic (exact) mass is 262 g/mol. The van der Waals surface area contributed by atoms with Crippen molar-refractivity contribution in [3.8, 4) is 0 Å². The fraction of sp³-hybridized carbons (Fsp3) is 0.625. The summed E-state index contributed by atoms with van der Waals surface area (Å²) < 4.78 is 0. The van der Waals surface area contributed by atoms with Gasteiger partial charge in [0.1, 0.15) is 0 Å². The van der Waals surface area contributed by atoms with Crippen molar-refractivity contribution in [3.63, 3.8) is 0 Å². The van der Waals surface area contributed by atoms with Crippen LogP contribution in [-0.2, 0) is 5.60 Å². The zero-order valence-corrected chi connectivity index (χ0v) is 12.3. The Morgan fingerprint density at radius 1 is 1.26 bits per heavy atom. The molecule has 0 saturated heterocycles. The number of rotatable bonds is 6. The van der Waals surface area contributed by atoms with Gasteiger partial charge in [0.25, 0.3) is 0 Å². The highest BCUT2D eigenvalue weighted by Crippen LogP contribution is 2.35. The number of hydrogen-bond donors (Lipinski definition) is 2. The average molecular weight is 262 g/mol. The van der Waals surface area contributed by atoms with Crippen molar-refractivity contribution in [1.29, 1.82) is 0 Å². The van der Waals surface area contributed by atoms with Crippen molar-refractivity contribution in [2.45, 2.75) is 37.3 Å². The fourth-order valence-corrected chi connectivity index (χ4v) is 2.80. The Kier molecular flexibility index (Phi) is 4.29. The minimum absolute atomic E-state index is 0.298. The molecule has 0 aromatic heterocycles. The zero-order valence-electron chi connectivity index (χ0n) is 12.3. The van der Waals surface area contributed by atoms with E-state index in [4.69, 9.17) is 0 Å². The normalized spacial score (nSPS) is 20.9. The van der Waals surface area contributed by atoms with Crippen molar-refractivity contribution in [2.75, 3.05) is 27.2 Å². The van der Waals surface area contributed by atoms with Gasteiger partial charge in [0.05, 0.1) is 5.60 Å². The van der Waals surface area contributed by atoms with Gasteiger partial charge in [0.15, 0.2) is 0 Å². The quantitative estimate of drug-likeness (QED) is 0.823. The van der Waals surface area contributed by atoms with E-state index in [2.05, 4.69) is 24.3 Å². The molecule has 1 aliphatic rings. The Morgan fingerprint density at radius 3 is 2.37 bits per heavy atom. The molecule has 106 valence electrons. The highest BCUT2D eigenvalue weighted by molar-refractivity contribution is 5.21. The molecule has 3 nitrogen and oxygen atoms in total. The van der Waals surface area contributed by atoms with Crippen molar-refractivity contribution in [3.05, 3.63) is 35.9 Å². The summed E-state index contributed by atoms with van der Waals surface area (Å²) in [5.41, 5.74) is 0.459. The minimum atomic E-state index is -0.807. The third kappa shape index (κ3) is 3.16.